The Morgan fingerprint density at radius 2 is 1.33 bits per heavy atom. The zero-order valence-corrected chi connectivity index (χ0v) is 14.7. The van der Waals surface area contributed by atoms with Gasteiger partial charge in [-0.1, -0.05) is 112 Å². The highest BCUT2D eigenvalue weighted by atomic mass is 16.4. The van der Waals surface area contributed by atoms with Crippen LogP contribution in [0.4, 0.5) is 0 Å². The Balaban J connectivity index is 3.98. The monoisotopic (exact) mass is 331 g/mol. The Kier molecular flexibility index (Phi) is 13.2. The van der Waals surface area contributed by atoms with Gasteiger partial charge in [0.15, 0.2) is 0 Å². The topological polar surface area (TPSA) is 37.3 Å². The molecule has 0 fully saturated rings. The number of hydrogen-bond donors (Lipinski definition) is 1. The number of rotatable bonds is 14. The molecule has 0 amide bonds. The van der Waals surface area contributed by atoms with Crippen molar-refractivity contribution in [1.29, 1.82) is 0 Å². The van der Waals surface area contributed by atoms with Gasteiger partial charge < -0.3 is 5.11 Å². The first-order chi connectivity index (χ1) is 13.0. The van der Waals surface area contributed by atoms with Gasteiger partial charge in [-0.2, -0.15) is 0 Å². The molecule has 0 aliphatic carbocycles. The summed E-state index contributed by atoms with van der Waals surface area (Å²) < 4.78 is 22.0. The van der Waals surface area contributed by atoms with E-state index in [0.717, 1.165) is 6.42 Å². The lowest BCUT2D eigenvalue weighted by atomic mass is 10.1. The lowest BCUT2D eigenvalue weighted by Crippen LogP contribution is -1.84. The second-order valence-electron chi connectivity index (χ2n) is 5.36. The van der Waals surface area contributed by atoms with Crippen molar-refractivity contribution in [3.05, 3.63) is 72.8 Å². The molecule has 0 bridgehead atoms. The quantitative estimate of drug-likeness (QED) is 0.223. The van der Waals surface area contributed by atoms with E-state index in [1.807, 2.05) is 24.3 Å². The molecule has 0 atom stereocenters. The molecule has 0 aliphatic heterocycles. The van der Waals surface area contributed by atoms with Crippen LogP contribution in [0.2, 0.25) is 0 Å². The summed E-state index contributed by atoms with van der Waals surface area (Å²) in [5.74, 6) is -1.51. The molecule has 0 aromatic rings. The first-order valence-electron chi connectivity index (χ1n) is 10.2. The zero-order chi connectivity index (χ0) is 20.3. The van der Waals surface area contributed by atoms with Crippen LogP contribution in [-0.4, -0.2) is 11.1 Å². The molecule has 0 aliphatic rings. The van der Waals surface area contributed by atoms with E-state index in [0.29, 0.717) is 0 Å². The Morgan fingerprint density at radius 1 is 0.792 bits per heavy atom. The van der Waals surface area contributed by atoms with Crippen LogP contribution in [0.3, 0.4) is 0 Å². The molecule has 0 aromatic heterocycles. The van der Waals surface area contributed by atoms with Crippen molar-refractivity contribution >= 4 is 5.97 Å². The smallest absolute Gasteiger partial charge is 0.328 e. The summed E-state index contributed by atoms with van der Waals surface area (Å²) in [5, 5.41) is 8.60. The fourth-order valence-electron chi connectivity index (χ4n) is 1.95. The van der Waals surface area contributed by atoms with E-state index in [1.165, 1.54) is 57.1 Å². The molecule has 24 heavy (non-hydrogen) atoms. The molecule has 0 aromatic carbocycles. The Bertz CT molecular complexity index is 597. The second-order valence-corrected chi connectivity index (χ2v) is 5.36. The van der Waals surface area contributed by atoms with Crippen molar-refractivity contribution in [2.24, 2.45) is 0 Å². The summed E-state index contributed by atoms with van der Waals surface area (Å²) in [5.41, 5.74) is 0. The molecule has 1 N–H and O–H groups in total. The number of allylic oxidation sites excluding steroid dienone is 11. The number of unbranched alkanes of at least 4 members (excludes halogenated alkanes) is 7. The average Bonchev–Trinajstić information content (AvgIpc) is 2.66. The third-order valence-electron chi connectivity index (χ3n) is 3.20. The third-order valence-corrected chi connectivity index (χ3v) is 3.20. The van der Waals surface area contributed by atoms with Gasteiger partial charge in [0.2, 0.25) is 0 Å². The van der Waals surface area contributed by atoms with Gasteiger partial charge in [-0.3, -0.25) is 0 Å². The molecule has 0 saturated heterocycles. The summed E-state index contributed by atoms with van der Waals surface area (Å²) in [4.78, 5) is 10.6. The lowest BCUT2D eigenvalue weighted by molar-refractivity contribution is -0.131. The van der Waals surface area contributed by atoms with E-state index >= 15 is 0 Å². The second kappa shape index (κ2) is 19.0. The third kappa shape index (κ3) is 19.9. The van der Waals surface area contributed by atoms with Crippen molar-refractivity contribution in [2.75, 3.05) is 0 Å². The minimum absolute atomic E-state index is 0.309. The summed E-state index contributed by atoms with van der Waals surface area (Å²) in [6.45, 7) is 2.24. The molecule has 2 nitrogen and oxygen atoms in total. The predicted octanol–water partition coefficient (Wildman–Crippen LogP) is 6.55. The van der Waals surface area contributed by atoms with E-state index in [2.05, 4.69) is 13.0 Å². The van der Waals surface area contributed by atoms with Crippen LogP contribution in [0, 0.1) is 0 Å². The number of carboxylic acid groups (broad SMARTS) is 1. The predicted molar refractivity (Wildman–Crippen MR) is 105 cm³/mol. The molecule has 132 valence electrons. The molecule has 0 radical (unpaired) electrons. The molecule has 0 saturated carbocycles. The highest BCUT2D eigenvalue weighted by molar-refractivity contribution is 5.80. The molecule has 2 heteroatoms. The minimum Gasteiger partial charge on any atom is -0.478 e. The van der Waals surface area contributed by atoms with Gasteiger partial charge in [0, 0.05) is 6.05 Å². The summed E-state index contributed by atoms with van der Waals surface area (Å²) in [6.07, 6.45) is 26.5. The Labute approximate surface area is 151 Å². The SMILES string of the molecule is [2H]C(=CC=CC=CC=CC=CCCCCCCCCC)C([2H])=C([2H])C(=O)O. The van der Waals surface area contributed by atoms with Crippen LogP contribution in [0.5, 0.6) is 0 Å². The fraction of sp³-hybridized carbons (Fsp3) is 0.409. The van der Waals surface area contributed by atoms with Crippen molar-refractivity contribution in [3.8, 4) is 0 Å². The van der Waals surface area contributed by atoms with Gasteiger partial charge in [0.25, 0.3) is 0 Å². The van der Waals surface area contributed by atoms with Crippen molar-refractivity contribution in [1.82, 2.24) is 0 Å². The molecular formula is C22H32O2. The van der Waals surface area contributed by atoms with Crippen LogP contribution >= 0.6 is 0 Å². The van der Waals surface area contributed by atoms with E-state index in [1.54, 1.807) is 12.2 Å². The zero-order valence-electron chi connectivity index (χ0n) is 17.7. The van der Waals surface area contributed by atoms with Crippen LogP contribution < -0.4 is 0 Å². The highest BCUT2D eigenvalue weighted by Crippen LogP contribution is 2.08. The standard InChI is InChI=1S/C22H32O2/c1-2-3-4-5-6-7-8-9-10-11-12-13-14-15-16-17-18-19-20-21-22(23)24/h10-21H,2-9H2,1H3,(H,23,24)/i19D,20D,21D. The minimum atomic E-state index is -1.51. The molecule has 0 rings (SSSR count). The van der Waals surface area contributed by atoms with E-state index in [9.17, 15) is 4.79 Å². The maximum absolute atomic E-state index is 10.6. The summed E-state index contributed by atoms with van der Waals surface area (Å²) in [7, 11) is 0. The molecule has 0 unspecified atom stereocenters. The summed E-state index contributed by atoms with van der Waals surface area (Å²) >= 11 is 0. The number of aliphatic carboxylic acids is 1. The van der Waals surface area contributed by atoms with Crippen molar-refractivity contribution in [3.63, 3.8) is 0 Å². The van der Waals surface area contributed by atoms with Crippen molar-refractivity contribution in [2.45, 2.75) is 58.3 Å². The van der Waals surface area contributed by atoms with Gasteiger partial charge in [-0.15, -0.1) is 0 Å². The highest BCUT2D eigenvalue weighted by Gasteiger charge is 1.88. The van der Waals surface area contributed by atoms with Crippen LogP contribution in [-0.2, 0) is 4.79 Å². The van der Waals surface area contributed by atoms with Crippen LogP contribution in [0.1, 0.15) is 62.4 Å². The maximum Gasteiger partial charge on any atom is 0.328 e. The molecule has 0 spiro atoms. The molecular weight excluding hydrogens is 296 g/mol. The van der Waals surface area contributed by atoms with Gasteiger partial charge in [0.05, 0.1) is 4.11 Å². The maximum atomic E-state index is 10.6. The summed E-state index contributed by atoms with van der Waals surface area (Å²) in [6, 6.07) is -1.80. The van der Waals surface area contributed by atoms with Gasteiger partial charge in [-0.25, -0.2) is 4.79 Å². The normalized spacial score (nSPS) is 16.0. The lowest BCUT2D eigenvalue weighted by Gasteiger charge is -1.98. The molecule has 0 heterocycles. The van der Waals surface area contributed by atoms with Gasteiger partial charge in [0.1, 0.15) is 0 Å². The van der Waals surface area contributed by atoms with Crippen LogP contribution in [0.15, 0.2) is 72.8 Å². The van der Waals surface area contributed by atoms with Crippen LogP contribution in [0.25, 0.3) is 0 Å². The van der Waals surface area contributed by atoms with E-state index < -0.39 is 18.1 Å². The van der Waals surface area contributed by atoms with Gasteiger partial charge >= 0.3 is 5.97 Å². The van der Waals surface area contributed by atoms with E-state index in [4.69, 9.17) is 9.22 Å². The fourth-order valence-corrected chi connectivity index (χ4v) is 1.95. The Morgan fingerprint density at radius 3 is 1.96 bits per heavy atom. The van der Waals surface area contributed by atoms with Crippen molar-refractivity contribution < 1.29 is 14.0 Å². The Hall–Kier alpha value is -2.09. The largest absolute Gasteiger partial charge is 0.478 e. The number of hydrogen-bond acceptors (Lipinski definition) is 1. The van der Waals surface area contributed by atoms with Gasteiger partial charge in [-0.05, 0) is 12.8 Å². The first-order valence-corrected chi connectivity index (χ1v) is 8.75. The number of carboxylic acids is 1. The van der Waals surface area contributed by atoms with E-state index in [-0.39, 0.29) is 6.05 Å². The number of carbonyl (C=O) groups is 1. The first kappa shape index (κ1) is 16.8. The average molecular weight is 332 g/mol.